The number of benzene rings is 2. The van der Waals surface area contributed by atoms with Crippen molar-refractivity contribution in [1.29, 1.82) is 0 Å². The van der Waals surface area contributed by atoms with Gasteiger partial charge in [0, 0.05) is 0 Å². The summed E-state index contributed by atoms with van der Waals surface area (Å²) in [5.74, 6) is 1.40. The Bertz CT molecular complexity index is 867. The largest absolute Gasteiger partial charge is 0.481 e. The van der Waals surface area contributed by atoms with E-state index < -0.39 is 6.10 Å². The van der Waals surface area contributed by atoms with Crippen molar-refractivity contribution in [1.82, 2.24) is 5.43 Å². The van der Waals surface area contributed by atoms with E-state index in [4.69, 9.17) is 25.8 Å². The van der Waals surface area contributed by atoms with Gasteiger partial charge in [-0.1, -0.05) is 23.7 Å². The predicted molar refractivity (Wildman–Crippen MR) is 99.3 cm³/mol. The molecular weight excluding hydrogens is 356 g/mol. The van der Waals surface area contributed by atoms with Gasteiger partial charge in [0.15, 0.2) is 17.6 Å². The highest BCUT2D eigenvalue weighted by atomic mass is 35.5. The van der Waals surface area contributed by atoms with Crippen LogP contribution >= 0.6 is 11.6 Å². The van der Waals surface area contributed by atoms with E-state index in [0.717, 1.165) is 11.1 Å². The molecule has 0 spiro atoms. The number of hydrogen-bond acceptors (Lipinski definition) is 5. The molecule has 1 atom stereocenters. The molecule has 0 radical (unpaired) electrons. The third-order valence-electron chi connectivity index (χ3n) is 4.07. The van der Waals surface area contributed by atoms with Crippen LogP contribution in [0.2, 0.25) is 5.02 Å². The fraction of sp³-hybridized carbons (Fsp3) is 0.263. The maximum Gasteiger partial charge on any atom is 0.280 e. The molecule has 26 heavy (non-hydrogen) atoms. The Kier molecular flexibility index (Phi) is 5.32. The third-order valence-corrected chi connectivity index (χ3v) is 4.35. The average Bonchev–Trinajstić information content (AvgIpc) is 3.08. The van der Waals surface area contributed by atoms with Crippen LogP contribution in [-0.2, 0) is 4.79 Å². The van der Waals surface area contributed by atoms with Crippen LogP contribution in [0, 0.1) is 13.8 Å². The minimum Gasteiger partial charge on any atom is -0.481 e. The van der Waals surface area contributed by atoms with Crippen molar-refractivity contribution in [2.24, 2.45) is 5.10 Å². The summed E-state index contributed by atoms with van der Waals surface area (Å²) in [7, 11) is 0. The summed E-state index contributed by atoms with van der Waals surface area (Å²) >= 11 is 6.11. The van der Waals surface area contributed by atoms with Crippen molar-refractivity contribution in [3.63, 3.8) is 0 Å². The molecule has 0 unspecified atom stereocenters. The van der Waals surface area contributed by atoms with Crippen molar-refractivity contribution in [2.45, 2.75) is 26.9 Å². The molecule has 7 heteroatoms. The number of aryl methyl sites for hydroxylation is 1. The molecule has 6 nitrogen and oxygen atoms in total. The van der Waals surface area contributed by atoms with Crippen LogP contribution in [0.1, 0.15) is 23.6 Å². The zero-order valence-corrected chi connectivity index (χ0v) is 15.5. The maximum atomic E-state index is 12.2. The lowest BCUT2D eigenvalue weighted by atomic mass is 10.1. The molecule has 1 N–H and O–H groups in total. The number of hydrazone groups is 1. The van der Waals surface area contributed by atoms with Crippen LogP contribution in [0.5, 0.6) is 17.2 Å². The predicted octanol–water partition coefficient (Wildman–Crippen LogP) is 3.60. The molecular formula is C19H19ClN2O4. The first kappa shape index (κ1) is 18.1. The van der Waals surface area contributed by atoms with Crippen LogP contribution in [-0.4, -0.2) is 25.0 Å². The Morgan fingerprint density at radius 1 is 1.35 bits per heavy atom. The van der Waals surface area contributed by atoms with Gasteiger partial charge in [0.1, 0.15) is 5.75 Å². The number of halogens is 1. The smallest absolute Gasteiger partial charge is 0.280 e. The number of carbonyl (C=O) groups excluding carboxylic acids is 1. The Morgan fingerprint density at radius 3 is 2.96 bits per heavy atom. The number of ether oxygens (including phenoxy) is 3. The molecule has 2 aromatic carbocycles. The number of rotatable bonds is 5. The van der Waals surface area contributed by atoms with Gasteiger partial charge < -0.3 is 14.2 Å². The molecule has 1 aliphatic rings. The van der Waals surface area contributed by atoms with Crippen molar-refractivity contribution < 1.29 is 19.0 Å². The van der Waals surface area contributed by atoms with Gasteiger partial charge in [-0.25, -0.2) is 5.43 Å². The summed E-state index contributed by atoms with van der Waals surface area (Å²) in [4.78, 5) is 12.2. The molecule has 1 amide bonds. The van der Waals surface area contributed by atoms with E-state index in [9.17, 15) is 4.79 Å². The summed E-state index contributed by atoms with van der Waals surface area (Å²) in [6.45, 7) is 5.76. The summed E-state index contributed by atoms with van der Waals surface area (Å²) in [5, 5.41) is 4.38. The molecule has 0 saturated carbocycles. The molecule has 0 fully saturated rings. The van der Waals surface area contributed by atoms with Gasteiger partial charge in [-0.15, -0.1) is 0 Å². The molecule has 0 saturated heterocycles. The maximum absolute atomic E-state index is 12.2. The van der Waals surface area contributed by atoms with Crippen molar-refractivity contribution in [3.05, 3.63) is 52.0 Å². The van der Waals surface area contributed by atoms with Gasteiger partial charge >= 0.3 is 0 Å². The molecule has 0 bridgehead atoms. The lowest BCUT2D eigenvalue weighted by molar-refractivity contribution is -0.127. The number of hydrogen-bond donors (Lipinski definition) is 1. The average molecular weight is 375 g/mol. The molecule has 2 aromatic rings. The minimum absolute atomic E-state index is 0.139. The Hall–Kier alpha value is -2.73. The molecule has 0 aliphatic carbocycles. The van der Waals surface area contributed by atoms with E-state index in [2.05, 4.69) is 10.5 Å². The lowest BCUT2D eigenvalue weighted by Crippen LogP contribution is -2.33. The molecule has 0 aromatic heterocycles. The SMILES string of the molecule is Cc1cccc(O[C@H](C)C(=O)N/N=C\c2cc(Cl)c3c(c2)OCO3)c1C. The molecule has 3 rings (SSSR count). The number of carbonyl (C=O) groups is 1. The van der Waals surface area contributed by atoms with Crippen LogP contribution in [0.15, 0.2) is 35.4 Å². The number of nitrogens with one attached hydrogen (secondary N) is 1. The Balaban J connectivity index is 1.60. The van der Waals surface area contributed by atoms with Crippen LogP contribution in [0.25, 0.3) is 0 Å². The van der Waals surface area contributed by atoms with Gasteiger partial charge in [-0.3, -0.25) is 4.79 Å². The summed E-state index contributed by atoms with van der Waals surface area (Å²) in [6, 6.07) is 9.14. The Morgan fingerprint density at radius 2 is 2.15 bits per heavy atom. The summed E-state index contributed by atoms with van der Waals surface area (Å²) in [5.41, 5.74) is 5.26. The second-order valence-electron chi connectivity index (χ2n) is 5.93. The van der Waals surface area contributed by atoms with Crippen LogP contribution in [0.4, 0.5) is 0 Å². The van der Waals surface area contributed by atoms with Gasteiger partial charge in [0.25, 0.3) is 5.91 Å². The summed E-state index contributed by atoms with van der Waals surface area (Å²) in [6.07, 6.45) is 0.795. The first-order valence-corrected chi connectivity index (χ1v) is 8.48. The highest BCUT2D eigenvalue weighted by Gasteiger charge is 2.18. The Labute approximate surface area is 156 Å². The van der Waals surface area contributed by atoms with Crippen molar-refractivity contribution >= 4 is 23.7 Å². The number of nitrogens with zero attached hydrogens (tertiary/aromatic N) is 1. The van der Waals surface area contributed by atoms with Crippen LogP contribution in [0.3, 0.4) is 0 Å². The number of fused-ring (bicyclic) bond motifs is 1. The quantitative estimate of drug-likeness (QED) is 0.641. The summed E-state index contributed by atoms with van der Waals surface area (Å²) < 4.78 is 16.3. The molecule has 136 valence electrons. The highest BCUT2D eigenvalue weighted by Crippen LogP contribution is 2.39. The van der Waals surface area contributed by atoms with E-state index in [1.807, 2.05) is 32.0 Å². The lowest BCUT2D eigenvalue weighted by Gasteiger charge is -2.15. The second kappa shape index (κ2) is 7.66. The fourth-order valence-electron chi connectivity index (χ4n) is 2.42. The van der Waals surface area contributed by atoms with Gasteiger partial charge in [0.05, 0.1) is 11.2 Å². The monoisotopic (exact) mass is 374 g/mol. The van der Waals surface area contributed by atoms with Gasteiger partial charge in [-0.2, -0.15) is 5.10 Å². The van der Waals surface area contributed by atoms with Crippen molar-refractivity contribution in [2.75, 3.05) is 6.79 Å². The fourth-order valence-corrected chi connectivity index (χ4v) is 2.69. The van der Waals surface area contributed by atoms with Crippen molar-refractivity contribution in [3.8, 4) is 17.2 Å². The first-order valence-electron chi connectivity index (χ1n) is 8.10. The third kappa shape index (κ3) is 3.91. The second-order valence-corrected chi connectivity index (χ2v) is 6.34. The topological polar surface area (TPSA) is 69.2 Å². The van der Waals surface area contributed by atoms with Gasteiger partial charge in [-0.05, 0) is 55.7 Å². The minimum atomic E-state index is -0.687. The zero-order valence-electron chi connectivity index (χ0n) is 14.7. The van der Waals surface area contributed by atoms with E-state index >= 15 is 0 Å². The molecule has 1 aliphatic heterocycles. The molecule has 1 heterocycles. The van der Waals surface area contributed by atoms with E-state index in [0.29, 0.717) is 27.8 Å². The first-order chi connectivity index (χ1) is 12.5. The van der Waals surface area contributed by atoms with E-state index in [-0.39, 0.29) is 12.7 Å². The number of amides is 1. The highest BCUT2D eigenvalue weighted by molar-refractivity contribution is 6.32. The van der Waals surface area contributed by atoms with E-state index in [1.165, 1.54) is 6.21 Å². The standard InChI is InChI=1S/C19H19ClN2O4/c1-11-5-4-6-16(12(11)2)26-13(3)19(23)22-21-9-14-7-15(20)18-17(8-14)24-10-25-18/h4-9,13H,10H2,1-3H3,(H,22,23)/b21-9-/t13-/m1/s1. The normalized spacial score (nSPS) is 13.7. The van der Waals surface area contributed by atoms with E-state index in [1.54, 1.807) is 19.1 Å². The van der Waals surface area contributed by atoms with Gasteiger partial charge in [0.2, 0.25) is 6.79 Å². The van der Waals surface area contributed by atoms with Crippen LogP contribution < -0.4 is 19.6 Å². The zero-order chi connectivity index (χ0) is 18.7.